The fourth-order valence-corrected chi connectivity index (χ4v) is 3.83. The Labute approximate surface area is 188 Å². The number of para-hydroxylation sites is 2. The number of rotatable bonds is 6. The first kappa shape index (κ1) is 23.0. The third kappa shape index (κ3) is 4.64. The molecule has 0 spiro atoms. The molecule has 1 aromatic heterocycles. The Morgan fingerprint density at radius 1 is 1.12 bits per heavy atom. The minimum absolute atomic E-state index is 0.0131. The van der Waals surface area contributed by atoms with E-state index in [0.717, 1.165) is 0 Å². The summed E-state index contributed by atoms with van der Waals surface area (Å²) in [6.07, 6.45) is -4.96. The minimum atomic E-state index is -4.96. The topological polar surface area (TPSA) is 61.1 Å². The molecule has 0 unspecified atom stereocenters. The molecule has 0 bridgehead atoms. The van der Waals surface area contributed by atoms with Crippen molar-refractivity contribution in [3.05, 3.63) is 57.9 Å². The molecule has 3 aromatic rings. The zero-order valence-corrected chi connectivity index (χ0v) is 18.5. The lowest BCUT2D eigenvalue weighted by Gasteiger charge is -2.30. The third-order valence-electron chi connectivity index (χ3n) is 5.10. The molecule has 1 aliphatic rings. The van der Waals surface area contributed by atoms with E-state index in [1.165, 1.54) is 12.1 Å². The SMILES string of the molecule is CCOc1ccccc1Oc1c(C(F)(F)F)oc2c3c(ccc2c1=O)OCN(CC(C)C)C3. The van der Waals surface area contributed by atoms with Crippen molar-refractivity contribution in [2.24, 2.45) is 5.92 Å². The zero-order valence-electron chi connectivity index (χ0n) is 18.5. The molecule has 4 rings (SSSR count). The lowest BCUT2D eigenvalue weighted by atomic mass is 10.1. The maximum Gasteiger partial charge on any atom is 0.453 e. The first-order valence-corrected chi connectivity index (χ1v) is 10.6. The van der Waals surface area contributed by atoms with E-state index in [0.29, 0.717) is 37.1 Å². The van der Waals surface area contributed by atoms with Gasteiger partial charge in [0.1, 0.15) is 18.1 Å². The number of hydrogen-bond donors (Lipinski definition) is 0. The average Bonchev–Trinajstić information content (AvgIpc) is 2.75. The number of fused-ring (bicyclic) bond motifs is 3. The van der Waals surface area contributed by atoms with Gasteiger partial charge in [-0.15, -0.1) is 0 Å². The van der Waals surface area contributed by atoms with Gasteiger partial charge in [0.2, 0.25) is 11.2 Å². The van der Waals surface area contributed by atoms with Crippen LogP contribution in [0.2, 0.25) is 0 Å². The molecule has 0 saturated carbocycles. The highest BCUT2D eigenvalue weighted by atomic mass is 19.4. The molecule has 176 valence electrons. The van der Waals surface area contributed by atoms with Crippen molar-refractivity contribution in [2.45, 2.75) is 33.5 Å². The first-order chi connectivity index (χ1) is 15.7. The van der Waals surface area contributed by atoms with Crippen LogP contribution in [0, 0.1) is 5.92 Å². The highest BCUT2D eigenvalue weighted by Gasteiger charge is 2.41. The highest BCUT2D eigenvalue weighted by Crippen LogP contribution is 2.42. The normalized spacial score (nSPS) is 14.3. The van der Waals surface area contributed by atoms with E-state index in [2.05, 4.69) is 0 Å². The molecule has 0 saturated heterocycles. The monoisotopic (exact) mass is 463 g/mol. The number of benzene rings is 2. The van der Waals surface area contributed by atoms with Crippen LogP contribution in [0.5, 0.6) is 23.0 Å². The number of alkyl halides is 3. The maximum absolute atomic E-state index is 14.0. The Morgan fingerprint density at radius 3 is 2.52 bits per heavy atom. The number of ether oxygens (including phenoxy) is 3. The zero-order chi connectivity index (χ0) is 23.8. The van der Waals surface area contributed by atoms with E-state index in [1.54, 1.807) is 31.2 Å². The summed E-state index contributed by atoms with van der Waals surface area (Å²) >= 11 is 0. The molecular weight excluding hydrogens is 439 g/mol. The highest BCUT2D eigenvalue weighted by molar-refractivity contribution is 5.84. The van der Waals surface area contributed by atoms with Crippen molar-refractivity contribution >= 4 is 11.0 Å². The van der Waals surface area contributed by atoms with Crippen molar-refractivity contribution in [2.75, 3.05) is 19.9 Å². The van der Waals surface area contributed by atoms with Crippen LogP contribution in [0.15, 0.2) is 45.6 Å². The minimum Gasteiger partial charge on any atom is -0.490 e. The van der Waals surface area contributed by atoms with Gasteiger partial charge in [0.15, 0.2) is 11.5 Å². The van der Waals surface area contributed by atoms with Crippen molar-refractivity contribution in [3.63, 3.8) is 0 Å². The van der Waals surface area contributed by atoms with Gasteiger partial charge in [0, 0.05) is 13.1 Å². The van der Waals surface area contributed by atoms with E-state index in [9.17, 15) is 18.0 Å². The Kier molecular flexibility index (Phi) is 6.25. The Morgan fingerprint density at radius 2 is 1.85 bits per heavy atom. The molecule has 0 N–H and O–H groups in total. The van der Waals surface area contributed by atoms with Crippen LogP contribution in [0.1, 0.15) is 32.1 Å². The summed E-state index contributed by atoms with van der Waals surface area (Å²) in [6.45, 7) is 7.37. The Bertz CT molecular complexity index is 1220. The molecule has 6 nitrogen and oxygen atoms in total. The van der Waals surface area contributed by atoms with Crippen molar-refractivity contribution in [1.29, 1.82) is 0 Å². The molecule has 2 aromatic carbocycles. The third-order valence-corrected chi connectivity index (χ3v) is 5.10. The molecule has 2 heterocycles. The second kappa shape index (κ2) is 8.97. The predicted molar refractivity (Wildman–Crippen MR) is 116 cm³/mol. The van der Waals surface area contributed by atoms with Crippen molar-refractivity contribution in [1.82, 2.24) is 4.90 Å². The molecule has 0 radical (unpaired) electrons. The molecule has 0 amide bonds. The van der Waals surface area contributed by atoms with Crippen LogP contribution in [0.3, 0.4) is 0 Å². The first-order valence-electron chi connectivity index (χ1n) is 10.6. The molecule has 0 atom stereocenters. The van der Waals surface area contributed by atoms with E-state index in [-0.39, 0.29) is 29.1 Å². The van der Waals surface area contributed by atoms with Crippen LogP contribution >= 0.6 is 0 Å². The van der Waals surface area contributed by atoms with Crippen LogP contribution in [-0.4, -0.2) is 24.8 Å². The summed E-state index contributed by atoms with van der Waals surface area (Å²) in [5, 5.41) is -0.0133. The van der Waals surface area contributed by atoms with Gasteiger partial charge >= 0.3 is 6.18 Å². The molecule has 0 fully saturated rings. The molecule has 1 aliphatic heterocycles. The predicted octanol–water partition coefficient (Wildman–Crippen LogP) is 5.81. The van der Waals surface area contributed by atoms with Gasteiger partial charge in [0.05, 0.1) is 17.6 Å². The van der Waals surface area contributed by atoms with Crippen LogP contribution in [0.4, 0.5) is 13.2 Å². The van der Waals surface area contributed by atoms with Crippen LogP contribution in [0.25, 0.3) is 11.0 Å². The van der Waals surface area contributed by atoms with Gasteiger partial charge in [-0.1, -0.05) is 26.0 Å². The lowest BCUT2D eigenvalue weighted by molar-refractivity contribution is -0.154. The lowest BCUT2D eigenvalue weighted by Crippen LogP contribution is -2.35. The van der Waals surface area contributed by atoms with E-state index in [1.807, 2.05) is 18.7 Å². The second-order valence-corrected chi connectivity index (χ2v) is 8.17. The Hall–Kier alpha value is -3.20. The number of halogens is 3. The van der Waals surface area contributed by atoms with Gasteiger partial charge < -0.3 is 18.6 Å². The fraction of sp³-hybridized carbons (Fsp3) is 0.375. The van der Waals surface area contributed by atoms with Gasteiger partial charge in [-0.3, -0.25) is 9.69 Å². The van der Waals surface area contributed by atoms with E-state index < -0.39 is 23.1 Å². The second-order valence-electron chi connectivity index (χ2n) is 8.17. The molecule has 0 aliphatic carbocycles. The quantitative estimate of drug-likeness (QED) is 0.460. The molecular formula is C24H24F3NO5. The van der Waals surface area contributed by atoms with Crippen LogP contribution < -0.4 is 19.6 Å². The van der Waals surface area contributed by atoms with Crippen molar-refractivity contribution < 1.29 is 31.8 Å². The summed E-state index contributed by atoms with van der Waals surface area (Å²) in [5.74, 6) is -1.50. The largest absolute Gasteiger partial charge is 0.490 e. The molecule has 33 heavy (non-hydrogen) atoms. The Balaban J connectivity index is 1.88. The fourth-order valence-electron chi connectivity index (χ4n) is 3.83. The van der Waals surface area contributed by atoms with Crippen molar-refractivity contribution in [3.8, 4) is 23.0 Å². The molecule has 9 heteroatoms. The summed E-state index contributed by atoms with van der Waals surface area (Å²) in [7, 11) is 0. The number of nitrogens with zero attached hydrogens (tertiary/aromatic N) is 1. The summed E-state index contributed by atoms with van der Waals surface area (Å²) in [4.78, 5) is 15.2. The van der Waals surface area contributed by atoms with Gasteiger partial charge in [-0.05, 0) is 37.1 Å². The smallest absolute Gasteiger partial charge is 0.453 e. The summed E-state index contributed by atoms with van der Waals surface area (Å²) in [5.41, 5.74) is -0.661. The standard InChI is InChI=1S/C24H24F3NO5/c1-4-30-18-7-5-6-8-19(18)32-22-20(29)15-9-10-17-16(12-28(13-31-17)11-14(2)3)21(15)33-23(22)24(25,26)27/h5-10,14H,4,11-13H2,1-3H3. The van der Waals surface area contributed by atoms with Crippen LogP contribution in [-0.2, 0) is 12.7 Å². The van der Waals surface area contributed by atoms with E-state index >= 15 is 0 Å². The summed E-state index contributed by atoms with van der Waals surface area (Å²) < 4.78 is 64.0. The van der Waals surface area contributed by atoms with E-state index in [4.69, 9.17) is 18.6 Å². The summed E-state index contributed by atoms with van der Waals surface area (Å²) in [6, 6.07) is 9.18. The maximum atomic E-state index is 14.0. The van der Waals surface area contributed by atoms with Gasteiger partial charge in [0.25, 0.3) is 5.76 Å². The average molecular weight is 463 g/mol. The van der Waals surface area contributed by atoms with Gasteiger partial charge in [-0.25, -0.2) is 0 Å². The number of hydrogen-bond acceptors (Lipinski definition) is 6. The van der Waals surface area contributed by atoms with Gasteiger partial charge in [-0.2, -0.15) is 13.2 Å².